The average Bonchev–Trinajstić information content (AvgIpc) is 2.52. The van der Waals surface area contributed by atoms with Crippen molar-refractivity contribution >= 4 is 29.1 Å². The van der Waals surface area contributed by atoms with Gasteiger partial charge in [0.2, 0.25) is 17.7 Å². The number of nitrogens with one attached hydrogen (secondary N) is 2. The number of carbonyl (C=O) groups is 3. The fourth-order valence-corrected chi connectivity index (χ4v) is 3.16. The smallest absolute Gasteiger partial charge is 0.246 e. The van der Waals surface area contributed by atoms with Crippen molar-refractivity contribution in [3.63, 3.8) is 0 Å². The maximum atomic E-state index is 12.6. The van der Waals surface area contributed by atoms with Gasteiger partial charge in [0.1, 0.15) is 6.04 Å². The van der Waals surface area contributed by atoms with E-state index in [9.17, 15) is 14.4 Å². The number of anilines is 2. The molecule has 0 saturated heterocycles. The molecule has 3 amide bonds. The van der Waals surface area contributed by atoms with Gasteiger partial charge >= 0.3 is 0 Å². The maximum Gasteiger partial charge on any atom is 0.246 e. The lowest BCUT2D eigenvalue weighted by Gasteiger charge is -2.29. The molecule has 1 heterocycles. The summed E-state index contributed by atoms with van der Waals surface area (Å²) in [5.74, 6) is -0.192. The van der Waals surface area contributed by atoms with Crippen LogP contribution in [0, 0.1) is 5.92 Å². The van der Waals surface area contributed by atoms with Crippen LogP contribution in [0.5, 0.6) is 0 Å². The molecule has 1 aromatic rings. The number of amides is 3. The minimum Gasteiger partial charge on any atom is -0.345 e. The van der Waals surface area contributed by atoms with Gasteiger partial charge in [-0.2, -0.15) is 0 Å². The largest absolute Gasteiger partial charge is 0.345 e. The topological polar surface area (TPSA) is 78.5 Å². The Bertz CT molecular complexity index is 670. The van der Waals surface area contributed by atoms with E-state index in [1.54, 1.807) is 11.8 Å². The van der Waals surface area contributed by atoms with Crippen molar-refractivity contribution in [2.24, 2.45) is 5.92 Å². The molecular formula is C19H27N3O3. The van der Waals surface area contributed by atoms with Crippen LogP contribution in [0.4, 0.5) is 11.4 Å². The minimum atomic E-state index is -0.572. The van der Waals surface area contributed by atoms with E-state index < -0.39 is 6.04 Å². The van der Waals surface area contributed by atoms with Crippen LogP contribution in [0.2, 0.25) is 0 Å². The molecule has 0 fully saturated rings. The lowest BCUT2D eigenvalue weighted by molar-refractivity contribution is -0.125. The molecule has 0 spiro atoms. The van der Waals surface area contributed by atoms with Gasteiger partial charge in [0.05, 0.1) is 0 Å². The molecule has 1 aromatic carbocycles. The third kappa shape index (κ3) is 5.05. The Balaban J connectivity index is 2.18. The molecule has 1 aliphatic rings. The summed E-state index contributed by atoms with van der Waals surface area (Å²) in [5.41, 5.74) is 2.60. The van der Waals surface area contributed by atoms with Gasteiger partial charge < -0.3 is 15.5 Å². The highest BCUT2D eigenvalue weighted by atomic mass is 16.2. The molecule has 2 rings (SSSR count). The van der Waals surface area contributed by atoms with Gasteiger partial charge in [-0.25, -0.2) is 0 Å². The fourth-order valence-electron chi connectivity index (χ4n) is 3.16. The van der Waals surface area contributed by atoms with Crippen LogP contribution in [0.3, 0.4) is 0 Å². The third-order valence-electron chi connectivity index (χ3n) is 4.25. The highest BCUT2D eigenvalue weighted by Gasteiger charge is 2.23. The van der Waals surface area contributed by atoms with E-state index in [1.807, 2.05) is 32.0 Å². The summed E-state index contributed by atoms with van der Waals surface area (Å²) in [6.45, 7) is 7.67. The normalized spacial score (nSPS) is 14.7. The third-order valence-corrected chi connectivity index (χ3v) is 4.25. The van der Waals surface area contributed by atoms with Crippen LogP contribution in [-0.2, 0) is 20.8 Å². The fraction of sp³-hybridized carbons (Fsp3) is 0.526. The van der Waals surface area contributed by atoms with E-state index in [0.29, 0.717) is 18.7 Å². The number of aryl methyl sites for hydroxylation is 1. The van der Waals surface area contributed by atoms with Crippen LogP contribution in [0.25, 0.3) is 0 Å². The highest BCUT2D eigenvalue weighted by Crippen LogP contribution is 2.30. The molecule has 1 unspecified atom stereocenters. The molecule has 6 nitrogen and oxygen atoms in total. The first-order valence-corrected chi connectivity index (χ1v) is 8.77. The molecule has 136 valence electrons. The van der Waals surface area contributed by atoms with Crippen LogP contribution in [0.1, 0.15) is 46.1 Å². The summed E-state index contributed by atoms with van der Waals surface area (Å²) < 4.78 is 0. The van der Waals surface area contributed by atoms with Crippen molar-refractivity contribution in [2.75, 3.05) is 16.8 Å². The Kier molecular flexibility index (Phi) is 6.17. The van der Waals surface area contributed by atoms with E-state index in [1.165, 1.54) is 6.92 Å². The first-order chi connectivity index (χ1) is 11.8. The van der Waals surface area contributed by atoms with Crippen LogP contribution >= 0.6 is 0 Å². The highest BCUT2D eigenvalue weighted by molar-refractivity contribution is 5.98. The van der Waals surface area contributed by atoms with Crippen molar-refractivity contribution in [2.45, 2.75) is 53.0 Å². The van der Waals surface area contributed by atoms with Crippen molar-refractivity contribution < 1.29 is 14.4 Å². The first kappa shape index (κ1) is 19.0. The summed E-state index contributed by atoms with van der Waals surface area (Å²) in [6.07, 6.45) is 2.43. The number of hydrogen-bond donors (Lipinski definition) is 2. The maximum absolute atomic E-state index is 12.6. The minimum absolute atomic E-state index is 0.000331. The Morgan fingerprint density at radius 2 is 1.92 bits per heavy atom. The molecule has 1 aliphatic heterocycles. The van der Waals surface area contributed by atoms with Crippen LogP contribution in [0.15, 0.2) is 18.2 Å². The van der Waals surface area contributed by atoms with Crippen molar-refractivity contribution in [1.29, 1.82) is 0 Å². The predicted molar refractivity (Wildman–Crippen MR) is 98.5 cm³/mol. The van der Waals surface area contributed by atoms with E-state index >= 15 is 0 Å². The number of carbonyl (C=O) groups excluding carboxylic acids is 3. The molecular weight excluding hydrogens is 318 g/mol. The van der Waals surface area contributed by atoms with Crippen LogP contribution < -0.4 is 15.5 Å². The van der Waals surface area contributed by atoms with Crippen molar-refractivity contribution in [3.8, 4) is 0 Å². The molecule has 0 radical (unpaired) electrons. The van der Waals surface area contributed by atoms with Gasteiger partial charge in [-0.05, 0) is 42.9 Å². The monoisotopic (exact) mass is 345 g/mol. The second-order valence-corrected chi connectivity index (χ2v) is 6.99. The Morgan fingerprint density at radius 1 is 1.20 bits per heavy atom. The van der Waals surface area contributed by atoms with E-state index in [4.69, 9.17) is 0 Å². The van der Waals surface area contributed by atoms with E-state index in [-0.39, 0.29) is 23.6 Å². The number of rotatable bonds is 5. The van der Waals surface area contributed by atoms with E-state index in [2.05, 4.69) is 10.6 Å². The summed E-state index contributed by atoms with van der Waals surface area (Å²) in [4.78, 5) is 37.5. The Morgan fingerprint density at radius 3 is 2.52 bits per heavy atom. The molecule has 2 N–H and O–H groups in total. The second-order valence-electron chi connectivity index (χ2n) is 6.99. The molecule has 6 heteroatoms. The number of benzene rings is 1. The predicted octanol–water partition coefficient (Wildman–Crippen LogP) is 2.48. The summed E-state index contributed by atoms with van der Waals surface area (Å²) in [7, 11) is 0. The van der Waals surface area contributed by atoms with Gasteiger partial charge in [-0.15, -0.1) is 0 Å². The number of hydrogen-bond acceptors (Lipinski definition) is 3. The quantitative estimate of drug-likeness (QED) is 0.860. The molecule has 0 bridgehead atoms. The van der Waals surface area contributed by atoms with E-state index in [0.717, 1.165) is 24.1 Å². The molecule has 1 atom stereocenters. The number of nitrogens with zero attached hydrogens (tertiary/aromatic N) is 1. The molecule has 0 aliphatic carbocycles. The summed E-state index contributed by atoms with van der Waals surface area (Å²) in [5, 5.41) is 5.58. The lowest BCUT2D eigenvalue weighted by Crippen LogP contribution is -2.43. The summed E-state index contributed by atoms with van der Waals surface area (Å²) >= 11 is 0. The zero-order valence-electron chi connectivity index (χ0n) is 15.4. The average molecular weight is 345 g/mol. The van der Waals surface area contributed by atoms with Crippen LogP contribution in [-0.4, -0.2) is 30.3 Å². The Labute approximate surface area is 149 Å². The lowest BCUT2D eigenvalue weighted by atomic mass is 10.0. The van der Waals surface area contributed by atoms with Gasteiger partial charge in [0, 0.05) is 31.8 Å². The zero-order chi connectivity index (χ0) is 18.6. The SMILES string of the molecule is CC(=O)NC(CC(C)C)C(=O)Nc1ccc2c(c1)N(C(C)=O)CCC2. The zero-order valence-corrected chi connectivity index (χ0v) is 15.4. The van der Waals surface area contributed by atoms with Crippen molar-refractivity contribution in [1.82, 2.24) is 5.32 Å². The first-order valence-electron chi connectivity index (χ1n) is 8.77. The van der Waals surface area contributed by atoms with Gasteiger partial charge in [-0.1, -0.05) is 19.9 Å². The van der Waals surface area contributed by atoms with Gasteiger partial charge in [0.25, 0.3) is 0 Å². The summed E-state index contributed by atoms with van der Waals surface area (Å²) in [6, 6.07) is 5.07. The van der Waals surface area contributed by atoms with Crippen molar-refractivity contribution in [3.05, 3.63) is 23.8 Å². The number of fused-ring (bicyclic) bond motifs is 1. The molecule has 0 saturated carbocycles. The molecule has 0 aromatic heterocycles. The standard InChI is InChI=1S/C19H27N3O3/c1-12(2)10-17(20-13(3)23)19(25)21-16-8-7-15-6-5-9-22(14(4)24)18(15)11-16/h7-8,11-12,17H,5-6,9-10H2,1-4H3,(H,20,23)(H,21,25). The molecule has 25 heavy (non-hydrogen) atoms. The Hall–Kier alpha value is -2.37. The van der Waals surface area contributed by atoms with Gasteiger partial charge in [-0.3, -0.25) is 14.4 Å². The van der Waals surface area contributed by atoms with Gasteiger partial charge in [0.15, 0.2) is 0 Å². The second kappa shape index (κ2) is 8.14.